The van der Waals surface area contributed by atoms with Crippen LogP contribution in [0, 0.1) is 0 Å². The van der Waals surface area contributed by atoms with Gasteiger partial charge in [-0.15, -0.1) is 0 Å². The van der Waals surface area contributed by atoms with Crippen molar-refractivity contribution in [2.45, 2.75) is 0 Å². The lowest BCUT2D eigenvalue weighted by atomic mass is 10.1. The number of rotatable bonds is 6. The number of amides is 3. The molecule has 30 heavy (non-hydrogen) atoms. The lowest BCUT2D eigenvalue weighted by molar-refractivity contribution is -0.116. The third kappa shape index (κ3) is 5.51. The Balaban J connectivity index is 1.63. The number of para-hydroxylation sites is 1. The molecule has 3 amide bonds. The van der Waals surface area contributed by atoms with Crippen LogP contribution in [0.3, 0.4) is 0 Å². The number of aromatic nitrogens is 1. The number of anilines is 2. The second-order valence-electron chi connectivity index (χ2n) is 6.47. The van der Waals surface area contributed by atoms with Gasteiger partial charge >= 0.3 is 0 Å². The summed E-state index contributed by atoms with van der Waals surface area (Å²) in [6.45, 7) is -0.119. The van der Waals surface area contributed by atoms with Crippen molar-refractivity contribution >= 4 is 45.0 Å². The monoisotopic (exact) mass is 466 g/mol. The zero-order valence-electron chi connectivity index (χ0n) is 16.1. The van der Waals surface area contributed by atoms with Gasteiger partial charge in [0.05, 0.1) is 17.8 Å². The minimum absolute atomic E-state index is 0.119. The van der Waals surface area contributed by atoms with E-state index in [2.05, 4.69) is 31.5 Å². The average molecular weight is 467 g/mol. The molecule has 1 heterocycles. The van der Waals surface area contributed by atoms with Crippen molar-refractivity contribution in [2.24, 2.45) is 0 Å². The number of hydrogen-bond acceptors (Lipinski definition) is 4. The van der Waals surface area contributed by atoms with Crippen LogP contribution >= 0.6 is 15.9 Å². The fourth-order valence-corrected chi connectivity index (χ4v) is 3.07. The highest BCUT2D eigenvalue weighted by molar-refractivity contribution is 9.10. The molecule has 0 fully saturated rings. The van der Waals surface area contributed by atoms with Crippen LogP contribution < -0.4 is 10.6 Å². The summed E-state index contributed by atoms with van der Waals surface area (Å²) < 4.78 is 0.754. The Morgan fingerprint density at radius 3 is 2.47 bits per heavy atom. The van der Waals surface area contributed by atoms with Gasteiger partial charge in [-0.05, 0) is 58.4 Å². The van der Waals surface area contributed by atoms with Crippen LogP contribution in [0.25, 0.3) is 0 Å². The van der Waals surface area contributed by atoms with Crippen molar-refractivity contribution in [3.63, 3.8) is 0 Å². The molecule has 2 N–H and O–H groups in total. The predicted molar refractivity (Wildman–Crippen MR) is 118 cm³/mol. The van der Waals surface area contributed by atoms with E-state index in [9.17, 15) is 14.4 Å². The van der Waals surface area contributed by atoms with Gasteiger partial charge in [-0.25, -0.2) is 0 Å². The number of nitrogens with zero attached hydrogens (tertiary/aromatic N) is 2. The van der Waals surface area contributed by atoms with Gasteiger partial charge in [0.1, 0.15) is 0 Å². The summed E-state index contributed by atoms with van der Waals surface area (Å²) in [5.74, 6) is -0.984. The molecule has 0 saturated carbocycles. The number of carbonyl (C=O) groups is 3. The molecule has 152 valence electrons. The van der Waals surface area contributed by atoms with Gasteiger partial charge in [-0.1, -0.05) is 18.2 Å². The van der Waals surface area contributed by atoms with Gasteiger partial charge in [-0.3, -0.25) is 19.4 Å². The fourth-order valence-electron chi connectivity index (χ4n) is 2.69. The van der Waals surface area contributed by atoms with Crippen LogP contribution in [0.2, 0.25) is 0 Å². The van der Waals surface area contributed by atoms with Crippen molar-refractivity contribution in [2.75, 3.05) is 24.2 Å². The van der Waals surface area contributed by atoms with Crippen molar-refractivity contribution in [1.82, 2.24) is 9.88 Å². The average Bonchev–Trinajstić information content (AvgIpc) is 2.75. The Morgan fingerprint density at radius 1 is 0.967 bits per heavy atom. The molecule has 0 bridgehead atoms. The maximum Gasteiger partial charge on any atom is 0.257 e. The van der Waals surface area contributed by atoms with Crippen LogP contribution in [0.4, 0.5) is 11.4 Å². The summed E-state index contributed by atoms with van der Waals surface area (Å²) in [4.78, 5) is 42.5. The van der Waals surface area contributed by atoms with E-state index in [4.69, 9.17) is 0 Å². The minimum atomic E-state index is -0.338. The highest BCUT2D eigenvalue weighted by atomic mass is 79.9. The van der Waals surface area contributed by atoms with Gasteiger partial charge in [0.2, 0.25) is 5.91 Å². The smallest absolute Gasteiger partial charge is 0.257 e. The summed E-state index contributed by atoms with van der Waals surface area (Å²) in [6, 6.07) is 17.1. The molecule has 2 aromatic carbocycles. The maximum absolute atomic E-state index is 12.7. The lowest BCUT2D eigenvalue weighted by Gasteiger charge is -2.18. The normalized spacial score (nSPS) is 10.2. The van der Waals surface area contributed by atoms with E-state index in [1.807, 2.05) is 12.1 Å². The molecular formula is C22H19BrN4O3. The Labute approximate surface area is 182 Å². The molecule has 0 saturated heterocycles. The minimum Gasteiger partial charge on any atom is -0.332 e. The van der Waals surface area contributed by atoms with Gasteiger partial charge in [-0.2, -0.15) is 0 Å². The number of likely N-dealkylation sites (N-methyl/N-ethyl adjacent to an activating group) is 1. The Kier molecular flexibility index (Phi) is 6.92. The number of hydrogen-bond donors (Lipinski definition) is 2. The Morgan fingerprint density at radius 2 is 1.73 bits per heavy atom. The molecule has 3 aromatic rings. The molecule has 0 radical (unpaired) electrons. The van der Waals surface area contributed by atoms with E-state index in [0.29, 0.717) is 22.5 Å². The van der Waals surface area contributed by atoms with Crippen LogP contribution in [-0.2, 0) is 4.79 Å². The largest absolute Gasteiger partial charge is 0.332 e. The van der Waals surface area contributed by atoms with E-state index < -0.39 is 0 Å². The first-order valence-electron chi connectivity index (χ1n) is 9.05. The quantitative estimate of drug-likeness (QED) is 0.577. The molecule has 0 unspecified atom stereocenters. The van der Waals surface area contributed by atoms with Crippen molar-refractivity contribution in [1.29, 1.82) is 0 Å². The molecule has 0 aliphatic heterocycles. The number of benzene rings is 2. The number of carbonyl (C=O) groups excluding carboxylic acids is 3. The van der Waals surface area contributed by atoms with Gasteiger partial charge in [0, 0.05) is 35.2 Å². The highest BCUT2D eigenvalue weighted by Crippen LogP contribution is 2.21. The third-order valence-corrected chi connectivity index (χ3v) is 4.86. The number of nitrogens with one attached hydrogen (secondary N) is 2. The molecule has 0 aliphatic carbocycles. The zero-order chi connectivity index (χ0) is 21.5. The van der Waals surface area contributed by atoms with Gasteiger partial charge < -0.3 is 15.5 Å². The van der Waals surface area contributed by atoms with E-state index in [1.165, 1.54) is 11.1 Å². The molecule has 3 rings (SSSR count). The first-order chi connectivity index (χ1) is 14.4. The summed E-state index contributed by atoms with van der Waals surface area (Å²) in [7, 11) is 1.54. The van der Waals surface area contributed by atoms with Crippen molar-refractivity contribution < 1.29 is 14.4 Å². The predicted octanol–water partition coefficient (Wildman–Crippen LogP) is 3.81. The maximum atomic E-state index is 12.7. The summed E-state index contributed by atoms with van der Waals surface area (Å²) in [6.07, 6.45) is 3.04. The molecule has 1 aromatic heterocycles. The number of pyridine rings is 1. The van der Waals surface area contributed by atoms with Crippen LogP contribution in [0.1, 0.15) is 20.7 Å². The van der Waals surface area contributed by atoms with E-state index >= 15 is 0 Å². The van der Waals surface area contributed by atoms with E-state index in [0.717, 1.165) is 4.47 Å². The van der Waals surface area contributed by atoms with Gasteiger partial charge in [0.15, 0.2) is 0 Å². The molecule has 8 heteroatoms. The second kappa shape index (κ2) is 9.80. The molecule has 0 spiro atoms. The molecule has 7 nitrogen and oxygen atoms in total. The van der Waals surface area contributed by atoms with Crippen LogP contribution in [-0.4, -0.2) is 41.2 Å². The number of halogens is 1. The Hall–Kier alpha value is -3.52. The topological polar surface area (TPSA) is 91.4 Å². The first kappa shape index (κ1) is 21.2. The standard InChI is InChI=1S/C22H19BrN4O3/c1-27(14-20(28)26-19-10-3-2-9-18(19)23)22(30)15-6-4-8-17(12-15)25-21(29)16-7-5-11-24-13-16/h2-13H,14H2,1H3,(H,25,29)(H,26,28). The second-order valence-corrected chi connectivity index (χ2v) is 7.32. The van der Waals surface area contributed by atoms with Gasteiger partial charge in [0.25, 0.3) is 11.8 Å². The fraction of sp³-hybridized carbons (Fsp3) is 0.0909. The summed E-state index contributed by atoms with van der Waals surface area (Å²) in [5.41, 5.74) is 1.87. The highest BCUT2D eigenvalue weighted by Gasteiger charge is 2.16. The van der Waals surface area contributed by atoms with Crippen molar-refractivity contribution in [3.8, 4) is 0 Å². The van der Waals surface area contributed by atoms with E-state index in [1.54, 1.807) is 61.8 Å². The lowest BCUT2D eigenvalue weighted by Crippen LogP contribution is -2.35. The molecule has 0 aliphatic rings. The third-order valence-electron chi connectivity index (χ3n) is 4.17. The molecule has 0 atom stereocenters. The molecular weight excluding hydrogens is 448 g/mol. The first-order valence-corrected chi connectivity index (χ1v) is 9.84. The summed E-state index contributed by atoms with van der Waals surface area (Å²) >= 11 is 3.37. The summed E-state index contributed by atoms with van der Waals surface area (Å²) in [5, 5.41) is 5.50. The Bertz CT molecular complexity index is 1070. The van der Waals surface area contributed by atoms with Crippen LogP contribution in [0.15, 0.2) is 77.5 Å². The van der Waals surface area contributed by atoms with E-state index in [-0.39, 0.29) is 24.3 Å². The zero-order valence-corrected chi connectivity index (χ0v) is 17.7. The van der Waals surface area contributed by atoms with Crippen LogP contribution in [0.5, 0.6) is 0 Å². The van der Waals surface area contributed by atoms with Crippen molar-refractivity contribution in [3.05, 3.63) is 88.7 Å². The SMILES string of the molecule is CN(CC(=O)Nc1ccccc1Br)C(=O)c1cccc(NC(=O)c2cccnc2)c1.